The van der Waals surface area contributed by atoms with E-state index in [1.807, 2.05) is 36.4 Å². The van der Waals surface area contributed by atoms with Crippen molar-refractivity contribution >= 4 is 40.3 Å². The zero-order valence-electron chi connectivity index (χ0n) is 17.3. The molecule has 1 aliphatic carbocycles. The molecular formula is C24H21ClN4O2S. The van der Waals surface area contributed by atoms with Crippen molar-refractivity contribution in [2.45, 2.75) is 18.3 Å². The maximum atomic E-state index is 13.5. The van der Waals surface area contributed by atoms with Gasteiger partial charge in [0, 0.05) is 48.3 Å². The van der Waals surface area contributed by atoms with E-state index in [0.717, 1.165) is 40.4 Å². The minimum absolute atomic E-state index is 0.0120. The molecule has 32 heavy (non-hydrogen) atoms. The lowest BCUT2D eigenvalue weighted by Gasteiger charge is -2.32. The highest BCUT2D eigenvalue weighted by atomic mass is 35.5. The summed E-state index contributed by atoms with van der Waals surface area (Å²) in [5, 5.41) is 10.9. The summed E-state index contributed by atoms with van der Waals surface area (Å²) < 4.78 is 12.9. The summed E-state index contributed by atoms with van der Waals surface area (Å²) in [5.41, 5.74) is 3.61. The Kier molecular flexibility index (Phi) is 5.46. The Morgan fingerprint density at radius 3 is 2.44 bits per heavy atom. The molecule has 0 spiro atoms. The Labute approximate surface area is 195 Å². The van der Waals surface area contributed by atoms with E-state index < -0.39 is 0 Å². The van der Waals surface area contributed by atoms with Crippen molar-refractivity contribution in [3.63, 3.8) is 0 Å². The third-order valence-corrected chi connectivity index (χ3v) is 7.28. The number of rotatable bonds is 4. The molecular weight excluding hydrogens is 444 g/mol. The lowest BCUT2D eigenvalue weighted by Crippen LogP contribution is -2.47. The van der Waals surface area contributed by atoms with Gasteiger partial charge in [0.1, 0.15) is 0 Å². The molecule has 162 valence electrons. The fraction of sp³-hybridized carbons (Fsp3) is 0.292. The summed E-state index contributed by atoms with van der Waals surface area (Å²) in [4.78, 5) is 19.8. The van der Waals surface area contributed by atoms with Crippen LogP contribution in [0.5, 0.6) is 0 Å². The number of carbonyl (C=O) groups is 1. The number of pyridine rings is 1. The van der Waals surface area contributed by atoms with Crippen molar-refractivity contribution in [1.29, 1.82) is 5.26 Å². The van der Waals surface area contributed by atoms with Gasteiger partial charge in [-0.1, -0.05) is 35.9 Å². The van der Waals surface area contributed by atoms with Crippen molar-refractivity contribution < 1.29 is 9.00 Å². The van der Waals surface area contributed by atoms with Crippen LogP contribution >= 0.6 is 11.6 Å². The van der Waals surface area contributed by atoms with Crippen molar-refractivity contribution in [2.24, 2.45) is 0 Å². The summed E-state index contributed by atoms with van der Waals surface area (Å²) in [6.07, 6.45) is 3.40. The molecule has 0 unspecified atom stereocenters. The van der Waals surface area contributed by atoms with E-state index in [-0.39, 0.29) is 23.2 Å². The highest BCUT2D eigenvalue weighted by molar-refractivity contribution is 7.63. The lowest BCUT2D eigenvalue weighted by atomic mass is 9.91. The second-order valence-electron chi connectivity index (χ2n) is 8.31. The molecule has 0 atom stereocenters. The highest BCUT2D eigenvalue weighted by Crippen LogP contribution is 2.48. The smallest absolute Gasteiger partial charge is 0.256 e. The molecule has 2 heterocycles. The molecule has 0 N–H and O–H groups in total. The lowest BCUT2D eigenvalue weighted by molar-refractivity contribution is 0.0703. The average molecular weight is 465 g/mol. The molecule has 1 saturated heterocycles. The van der Waals surface area contributed by atoms with E-state index in [9.17, 15) is 14.3 Å². The maximum absolute atomic E-state index is 13.5. The Morgan fingerprint density at radius 2 is 1.81 bits per heavy atom. The van der Waals surface area contributed by atoms with Gasteiger partial charge in [0.15, 0.2) is 0 Å². The zero-order chi connectivity index (χ0) is 22.3. The van der Waals surface area contributed by atoms with Crippen molar-refractivity contribution in [1.82, 2.24) is 14.2 Å². The van der Waals surface area contributed by atoms with Crippen LogP contribution in [-0.4, -0.2) is 50.5 Å². The Hall–Kier alpha value is -2.79. The topological polar surface area (TPSA) is 77.3 Å². The minimum Gasteiger partial charge on any atom is -0.336 e. The van der Waals surface area contributed by atoms with Crippen LogP contribution in [0, 0.1) is 11.3 Å². The highest BCUT2D eigenvalue weighted by Gasteiger charge is 2.44. The van der Waals surface area contributed by atoms with Crippen LogP contribution in [0.25, 0.3) is 22.0 Å². The predicted octanol–water partition coefficient (Wildman–Crippen LogP) is 3.73. The first-order chi connectivity index (χ1) is 15.5. The molecule has 1 aliphatic heterocycles. The number of nitrogens with zero attached hydrogens (tertiary/aromatic N) is 4. The third kappa shape index (κ3) is 3.69. The summed E-state index contributed by atoms with van der Waals surface area (Å²) in [6.45, 7) is 2.13. The number of hydrogen-bond donors (Lipinski definition) is 1. The van der Waals surface area contributed by atoms with Gasteiger partial charge < -0.3 is 4.90 Å². The van der Waals surface area contributed by atoms with E-state index >= 15 is 0 Å². The second-order valence-corrected chi connectivity index (χ2v) is 9.47. The summed E-state index contributed by atoms with van der Waals surface area (Å²) in [5.74, 6) is -0.101. The van der Waals surface area contributed by atoms with Crippen LogP contribution in [0.2, 0.25) is 5.02 Å². The predicted molar refractivity (Wildman–Crippen MR) is 126 cm³/mol. The van der Waals surface area contributed by atoms with E-state index in [0.29, 0.717) is 36.8 Å². The van der Waals surface area contributed by atoms with Crippen molar-refractivity contribution in [3.05, 3.63) is 64.8 Å². The molecule has 1 amide bonds. The van der Waals surface area contributed by atoms with E-state index in [4.69, 9.17) is 11.6 Å². The maximum Gasteiger partial charge on any atom is 0.256 e. The molecule has 6 nitrogen and oxygen atoms in total. The number of halogens is 1. The van der Waals surface area contributed by atoms with Crippen molar-refractivity contribution in [2.75, 3.05) is 26.2 Å². The van der Waals surface area contributed by atoms with Crippen molar-refractivity contribution in [3.8, 4) is 17.2 Å². The van der Waals surface area contributed by atoms with Gasteiger partial charge in [0.05, 0.1) is 34.4 Å². The summed E-state index contributed by atoms with van der Waals surface area (Å²) in [6, 6.07) is 15.9. The van der Waals surface area contributed by atoms with Crippen LogP contribution in [0.1, 0.15) is 28.8 Å². The molecule has 1 saturated carbocycles. The fourth-order valence-electron chi connectivity index (χ4n) is 4.33. The van der Waals surface area contributed by atoms with E-state index in [2.05, 4.69) is 11.1 Å². The molecule has 2 fully saturated rings. The Bertz CT molecular complexity index is 1260. The number of carbonyl (C=O) groups excluding carboxylic acids is 1. The third-order valence-electron chi connectivity index (χ3n) is 6.41. The molecule has 5 rings (SSSR count). The molecule has 0 bridgehead atoms. The number of amides is 1. The number of nitriles is 1. The first-order valence-electron chi connectivity index (χ1n) is 10.5. The number of fused-ring (bicyclic) bond motifs is 1. The summed E-state index contributed by atoms with van der Waals surface area (Å²) >= 11 is 6.30. The van der Waals surface area contributed by atoms with Crippen LogP contribution in [0.3, 0.4) is 0 Å². The van der Waals surface area contributed by atoms with Gasteiger partial charge in [-0.3, -0.25) is 9.78 Å². The quantitative estimate of drug-likeness (QED) is 0.597. The van der Waals surface area contributed by atoms with Crippen LogP contribution < -0.4 is 0 Å². The minimum atomic E-state index is -0.360. The van der Waals surface area contributed by atoms with Gasteiger partial charge in [-0.15, -0.1) is 0 Å². The number of hydrogen-bond acceptors (Lipinski definition) is 4. The number of thiol groups is 1. The Balaban J connectivity index is 1.60. The molecule has 8 heteroatoms. The normalized spacial score (nSPS) is 17.8. The summed E-state index contributed by atoms with van der Waals surface area (Å²) in [7, 11) is 0. The number of benzene rings is 2. The van der Waals surface area contributed by atoms with Gasteiger partial charge in [-0.05, 0) is 42.2 Å². The fourth-order valence-corrected chi connectivity index (χ4v) is 4.85. The van der Waals surface area contributed by atoms with Crippen LogP contribution in [0.4, 0.5) is 0 Å². The van der Waals surface area contributed by atoms with Crippen LogP contribution in [-0.2, 0) is 17.3 Å². The van der Waals surface area contributed by atoms with Gasteiger partial charge in [-0.2, -0.15) is 5.26 Å². The number of aromatic nitrogens is 1. The standard InChI is InChI=1S/C24H21ClN4O2S/c25-18-5-6-21-19(13-18)22(16-1-3-17(4-2-16)24(15-26)7-8-24)20(14-27-21)23(30)28-9-11-29(32-31)12-10-28/h1-6,13-14,32H,7-12H2. The first kappa shape index (κ1) is 21.1. The second kappa shape index (κ2) is 8.28. The SMILES string of the molecule is N#CC1(c2ccc(-c3c(C(=O)N4CCN([SH]=O)CC4)cnc4ccc(Cl)cc34)cc2)CC1. The molecule has 0 radical (unpaired) electrons. The van der Waals surface area contributed by atoms with Gasteiger partial charge in [0.2, 0.25) is 0 Å². The molecule has 2 aromatic carbocycles. The van der Waals surface area contributed by atoms with Crippen LogP contribution in [0.15, 0.2) is 48.7 Å². The molecule has 1 aromatic heterocycles. The Morgan fingerprint density at radius 1 is 1.09 bits per heavy atom. The monoisotopic (exact) mass is 464 g/mol. The van der Waals surface area contributed by atoms with Gasteiger partial charge in [0.25, 0.3) is 5.91 Å². The van der Waals surface area contributed by atoms with Gasteiger partial charge in [-0.25, -0.2) is 8.51 Å². The molecule has 2 aliphatic rings. The largest absolute Gasteiger partial charge is 0.336 e. The number of piperazine rings is 1. The first-order valence-corrected chi connectivity index (χ1v) is 11.7. The zero-order valence-corrected chi connectivity index (χ0v) is 18.9. The average Bonchev–Trinajstić information content (AvgIpc) is 3.64. The van der Waals surface area contributed by atoms with Gasteiger partial charge >= 0.3 is 0 Å². The molecule has 3 aromatic rings. The van der Waals surface area contributed by atoms with E-state index in [1.165, 1.54) is 0 Å². The van der Waals surface area contributed by atoms with E-state index in [1.54, 1.807) is 21.5 Å².